The van der Waals surface area contributed by atoms with E-state index in [1.807, 2.05) is 7.05 Å². The van der Waals surface area contributed by atoms with Gasteiger partial charge in [0.1, 0.15) is 23.9 Å². The van der Waals surface area contributed by atoms with Crippen molar-refractivity contribution in [3.8, 4) is 17.2 Å². The average molecular weight is 463 g/mol. The fourth-order valence-corrected chi connectivity index (χ4v) is 3.55. The number of carbonyl (C=O) groups is 1. The summed E-state index contributed by atoms with van der Waals surface area (Å²) in [5, 5.41) is 12.1. The summed E-state index contributed by atoms with van der Waals surface area (Å²) in [7, 11) is 4.95. The molecule has 3 aromatic rings. The van der Waals surface area contributed by atoms with Crippen molar-refractivity contribution in [1.82, 2.24) is 14.8 Å². The number of carbonyl (C=O) groups excluding carboxylic acids is 1. The molecule has 1 N–H and O–H groups in total. The molecule has 0 aliphatic carbocycles. The third-order valence-corrected chi connectivity index (χ3v) is 5.76. The third-order valence-electron chi connectivity index (χ3n) is 4.38. The molecule has 0 fully saturated rings. The monoisotopic (exact) mass is 462 g/mol. The first-order valence-corrected chi connectivity index (χ1v) is 10.6. The second-order valence-corrected chi connectivity index (χ2v) is 8.30. The van der Waals surface area contributed by atoms with E-state index in [0.29, 0.717) is 38.9 Å². The molecule has 0 saturated heterocycles. The van der Waals surface area contributed by atoms with Crippen molar-refractivity contribution in [1.29, 1.82) is 0 Å². The number of rotatable bonds is 9. The number of ether oxygens (including phenoxy) is 3. The highest BCUT2D eigenvalue weighted by Gasteiger charge is 2.20. The Morgan fingerprint density at radius 1 is 1.10 bits per heavy atom. The molecule has 2 aromatic carbocycles. The lowest BCUT2D eigenvalue weighted by Crippen LogP contribution is -2.23. The van der Waals surface area contributed by atoms with E-state index >= 15 is 0 Å². The van der Waals surface area contributed by atoms with Gasteiger partial charge in [-0.1, -0.05) is 23.4 Å². The quantitative estimate of drug-likeness (QED) is 0.477. The maximum Gasteiger partial charge on any atom is 0.237 e. The van der Waals surface area contributed by atoms with Gasteiger partial charge in [0.25, 0.3) is 0 Å². The molecule has 0 spiro atoms. The Balaban J connectivity index is 1.60. The Bertz CT molecular complexity index is 1020. The largest absolute Gasteiger partial charge is 0.497 e. The number of nitrogens with zero attached hydrogens (tertiary/aromatic N) is 3. The number of thioether (sulfide) groups is 1. The van der Waals surface area contributed by atoms with Crippen molar-refractivity contribution in [2.75, 3.05) is 19.5 Å². The van der Waals surface area contributed by atoms with Crippen molar-refractivity contribution < 1.29 is 19.0 Å². The van der Waals surface area contributed by atoms with Crippen molar-refractivity contribution >= 4 is 35.0 Å². The summed E-state index contributed by atoms with van der Waals surface area (Å²) in [6.07, 6.45) is 0. The van der Waals surface area contributed by atoms with Crippen LogP contribution in [0.2, 0.25) is 5.02 Å². The number of hydrogen-bond acceptors (Lipinski definition) is 7. The Kier molecular flexibility index (Phi) is 7.64. The normalized spacial score (nSPS) is 11.6. The van der Waals surface area contributed by atoms with Gasteiger partial charge in [-0.3, -0.25) is 4.79 Å². The predicted molar refractivity (Wildman–Crippen MR) is 120 cm³/mol. The molecule has 0 bridgehead atoms. The standard InChI is InChI=1S/C21H23ClN4O4S/c1-13(20(27)23-15-9-17(28-3)11-18(10-15)29-4)31-21-25-24-19(26(21)2)12-30-16-7-5-14(22)6-8-16/h5-11,13H,12H2,1-4H3,(H,23,27). The third kappa shape index (κ3) is 6.05. The first-order chi connectivity index (χ1) is 14.9. The highest BCUT2D eigenvalue weighted by molar-refractivity contribution is 8.00. The van der Waals surface area contributed by atoms with Crippen LogP contribution in [0.1, 0.15) is 12.7 Å². The molecular formula is C21H23ClN4O4S. The van der Waals surface area contributed by atoms with E-state index in [1.54, 1.807) is 68.2 Å². The van der Waals surface area contributed by atoms with Gasteiger partial charge in [-0.15, -0.1) is 10.2 Å². The fraction of sp³-hybridized carbons (Fsp3) is 0.286. The van der Waals surface area contributed by atoms with E-state index in [2.05, 4.69) is 15.5 Å². The summed E-state index contributed by atoms with van der Waals surface area (Å²) in [6, 6.07) is 12.3. The summed E-state index contributed by atoms with van der Waals surface area (Å²) < 4.78 is 18.0. The summed E-state index contributed by atoms with van der Waals surface area (Å²) in [5.41, 5.74) is 0.587. The summed E-state index contributed by atoms with van der Waals surface area (Å²) in [4.78, 5) is 12.7. The second-order valence-electron chi connectivity index (χ2n) is 6.55. The Hall–Kier alpha value is -2.91. The van der Waals surface area contributed by atoms with E-state index in [9.17, 15) is 4.79 Å². The minimum atomic E-state index is -0.412. The molecule has 1 unspecified atom stereocenters. The fourth-order valence-electron chi connectivity index (χ4n) is 2.59. The lowest BCUT2D eigenvalue weighted by molar-refractivity contribution is -0.115. The van der Waals surface area contributed by atoms with E-state index in [4.69, 9.17) is 25.8 Å². The highest BCUT2D eigenvalue weighted by Crippen LogP contribution is 2.28. The number of aromatic nitrogens is 3. The minimum absolute atomic E-state index is 0.178. The molecule has 0 saturated carbocycles. The lowest BCUT2D eigenvalue weighted by atomic mass is 10.2. The van der Waals surface area contributed by atoms with Crippen LogP contribution in [0.15, 0.2) is 47.6 Å². The van der Waals surface area contributed by atoms with Crippen molar-refractivity contribution in [3.63, 3.8) is 0 Å². The molecule has 10 heteroatoms. The van der Waals surface area contributed by atoms with Crippen molar-refractivity contribution in [3.05, 3.63) is 53.3 Å². The Labute approximate surface area is 189 Å². The zero-order chi connectivity index (χ0) is 22.4. The first-order valence-electron chi connectivity index (χ1n) is 9.37. The van der Waals surface area contributed by atoms with Crippen molar-refractivity contribution in [2.45, 2.75) is 23.9 Å². The zero-order valence-electron chi connectivity index (χ0n) is 17.6. The number of nitrogens with one attached hydrogen (secondary N) is 1. The van der Waals surface area contributed by atoms with Gasteiger partial charge in [0.2, 0.25) is 5.91 Å². The Morgan fingerprint density at radius 2 is 1.74 bits per heavy atom. The van der Waals surface area contributed by atoms with E-state index < -0.39 is 5.25 Å². The maximum absolute atomic E-state index is 12.7. The molecule has 3 rings (SSSR count). The molecule has 1 amide bonds. The van der Waals surface area contributed by atoms with Crippen LogP contribution in [-0.4, -0.2) is 40.1 Å². The van der Waals surface area contributed by atoms with Gasteiger partial charge in [0, 0.05) is 36.0 Å². The lowest BCUT2D eigenvalue weighted by Gasteiger charge is -2.13. The van der Waals surface area contributed by atoms with Gasteiger partial charge >= 0.3 is 0 Å². The van der Waals surface area contributed by atoms with Crippen LogP contribution in [0.25, 0.3) is 0 Å². The topological polar surface area (TPSA) is 87.5 Å². The van der Waals surface area contributed by atoms with Gasteiger partial charge in [-0.2, -0.15) is 0 Å². The van der Waals surface area contributed by atoms with Crippen LogP contribution in [0.4, 0.5) is 5.69 Å². The Morgan fingerprint density at radius 3 is 2.35 bits per heavy atom. The van der Waals surface area contributed by atoms with Gasteiger partial charge in [-0.05, 0) is 31.2 Å². The highest BCUT2D eigenvalue weighted by atomic mass is 35.5. The smallest absolute Gasteiger partial charge is 0.237 e. The number of benzene rings is 2. The molecule has 0 aliphatic rings. The van der Waals surface area contributed by atoms with Crippen molar-refractivity contribution in [2.24, 2.45) is 7.05 Å². The average Bonchev–Trinajstić information content (AvgIpc) is 3.12. The van der Waals surface area contributed by atoms with Gasteiger partial charge in [0.15, 0.2) is 11.0 Å². The molecule has 164 valence electrons. The number of anilines is 1. The number of amides is 1. The molecule has 31 heavy (non-hydrogen) atoms. The van der Waals surface area contributed by atoms with Gasteiger partial charge in [-0.25, -0.2) is 0 Å². The van der Waals surface area contributed by atoms with Gasteiger partial charge < -0.3 is 24.1 Å². The van der Waals surface area contributed by atoms with Crippen LogP contribution >= 0.6 is 23.4 Å². The van der Waals surface area contributed by atoms with E-state index in [0.717, 1.165) is 0 Å². The van der Waals surface area contributed by atoms with Crippen LogP contribution in [0.3, 0.4) is 0 Å². The van der Waals surface area contributed by atoms with Crippen LogP contribution < -0.4 is 19.5 Å². The maximum atomic E-state index is 12.7. The summed E-state index contributed by atoms with van der Waals surface area (Å²) in [5.74, 6) is 2.33. The summed E-state index contributed by atoms with van der Waals surface area (Å²) >= 11 is 7.19. The molecule has 1 heterocycles. The molecule has 8 nitrogen and oxygen atoms in total. The number of halogens is 1. The van der Waals surface area contributed by atoms with Crippen LogP contribution in [0, 0.1) is 0 Å². The first kappa shape index (κ1) is 22.8. The van der Waals surface area contributed by atoms with Crippen LogP contribution in [-0.2, 0) is 18.4 Å². The summed E-state index contributed by atoms with van der Waals surface area (Å²) in [6.45, 7) is 2.05. The molecule has 0 aliphatic heterocycles. The molecule has 1 aromatic heterocycles. The van der Waals surface area contributed by atoms with E-state index in [1.165, 1.54) is 11.8 Å². The SMILES string of the molecule is COc1cc(NC(=O)C(C)Sc2nnc(COc3ccc(Cl)cc3)n2C)cc(OC)c1. The van der Waals surface area contributed by atoms with Crippen LogP contribution in [0.5, 0.6) is 17.2 Å². The number of hydrogen-bond donors (Lipinski definition) is 1. The zero-order valence-corrected chi connectivity index (χ0v) is 19.2. The molecule has 1 atom stereocenters. The number of methoxy groups -OCH3 is 2. The minimum Gasteiger partial charge on any atom is -0.497 e. The second kappa shape index (κ2) is 10.4. The molecular weight excluding hydrogens is 440 g/mol. The van der Waals surface area contributed by atoms with Gasteiger partial charge in [0.05, 0.1) is 19.5 Å². The molecule has 0 radical (unpaired) electrons. The van der Waals surface area contributed by atoms with E-state index in [-0.39, 0.29) is 12.5 Å². The predicted octanol–water partition coefficient (Wildman–Crippen LogP) is 4.18.